The molecule has 0 amide bonds. The molecule has 1 aliphatic heterocycles. The first-order chi connectivity index (χ1) is 6.95. The smallest absolute Gasteiger partial charge is 0.138 e. The van der Waals surface area contributed by atoms with Gasteiger partial charge in [0.2, 0.25) is 0 Å². The van der Waals surface area contributed by atoms with E-state index in [-0.39, 0.29) is 0 Å². The summed E-state index contributed by atoms with van der Waals surface area (Å²) >= 11 is 0. The molecule has 0 fully saturated rings. The van der Waals surface area contributed by atoms with E-state index in [0.717, 1.165) is 5.56 Å². The van der Waals surface area contributed by atoms with Crippen LogP contribution in [0.3, 0.4) is 0 Å². The molecule has 0 atom stereocenters. The lowest BCUT2D eigenvalue weighted by molar-refractivity contribution is -0.105. The molecule has 4 heteroatoms. The molecular weight excluding hydrogens is 178 g/mol. The van der Waals surface area contributed by atoms with Gasteiger partial charge in [-0.05, 0) is 5.56 Å². The minimum absolute atomic E-state index is 0.510. The lowest BCUT2D eigenvalue weighted by Gasteiger charge is -2.17. The molecule has 0 saturated carbocycles. The summed E-state index contributed by atoms with van der Waals surface area (Å²) < 4.78 is 0. The Morgan fingerprint density at radius 2 is 2.14 bits per heavy atom. The van der Waals surface area contributed by atoms with E-state index in [4.69, 9.17) is 4.84 Å². The van der Waals surface area contributed by atoms with E-state index < -0.39 is 0 Å². The number of hydrogen-bond donors (Lipinski definition) is 0. The lowest BCUT2D eigenvalue weighted by atomic mass is 10.2. The first kappa shape index (κ1) is 8.90. The summed E-state index contributed by atoms with van der Waals surface area (Å²) in [4.78, 5) is 13.2. The van der Waals surface area contributed by atoms with Crippen LogP contribution in [0.15, 0.2) is 40.3 Å². The second-order valence-electron chi connectivity index (χ2n) is 2.88. The summed E-state index contributed by atoms with van der Waals surface area (Å²) in [6.45, 7) is 1.05. The zero-order valence-corrected chi connectivity index (χ0v) is 7.71. The van der Waals surface area contributed by atoms with Crippen LogP contribution in [-0.4, -0.2) is 24.4 Å². The van der Waals surface area contributed by atoms with Gasteiger partial charge in [0.1, 0.15) is 26.0 Å². The molecule has 0 radical (unpaired) electrons. The Morgan fingerprint density at radius 3 is 2.86 bits per heavy atom. The molecule has 0 spiro atoms. The van der Waals surface area contributed by atoms with Crippen molar-refractivity contribution in [1.82, 2.24) is 5.06 Å². The molecule has 1 aromatic rings. The maximum atomic E-state index is 5.44. The van der Waals surface area contributed by atoms with Crippen LogP contribution in [0.4, 0.5) is 0 Å². The van der Waals surface area contributed by atoms with Crippen molar-refractivity contribution >= 4 is 12.7 Å². The summed E-state index contributed by atoms with van der Waals surface area (Å²) in [5.74, 6) is 0. The van der Waals surface area contributed by atoms with Crippen molar-refractivity contribution < 1.29 is 4.84 Å². The van der Waals surface area contributed by atoms with Crippen molar-refractivity contribution in [3.05, 3.63) is 35.9 Å². The van der Waals surface area contributed by atoms with Gasteiger partial charge in [0.15, 0.2) is 0 Å². The van der Waals surface area contributed by atoms with Crippen molar-refractivity contribution in [2.24, 2.45) is 9.98 Å². The van der Waals surface area contributed by atoms with E-state index in [1.807, 2.05) is 30.3 Å². The van der Waals surface area contributed by atoms with Gasteiger partial charge in [0.05, 0.1) is 0 Å². The number of nitrogens with zero attached hydrogens (tertiary/aromatic N) is 3. The fourth-order valence-corrected chi connectivity index (χ4v) is 1.11. The highest BCUT2D eigenvalue weighted by Crippen LogP contribution is 2.02. The van der Waals surface area contributed by atoms with Gasteiger partial charge in [-0.3, -0.25) is 4.84 Å². The molecule has 14 heavy (non-hydrogen) atoms. The van der Waals surface area contributed by atoms with E-state index in [2.05, 4.69) is 9.98 Å². The minimum atomic E-state index is 0.510. The highest BCUT2D eigenvalue weighted by molar-refractivity contribution is 5.72. The summed E-state index contributed by atoms with van der Waals surface area (Å²) in [7, 11) is 0. The third kappa shape index (κ3) is 2.40. The Labute approximate surface area is 82.5 Å². The van der Waals surface area contributed by atoms with Crippen LogP contribution in [-0.2, 0) is 11.4 Å². The van der Waals surface area contributed by atoms with Gasteiger partial charge in [-0.1, -0.05) is 30.3 Å². The molecule has 0 aliphatic carbocycles. The quantitative estimate of drug-likeness (QED) is 0.721. The van der Waals surface area contributed by atoms with Crippen molar-refractivity contribution in [2.75, 3.05) is 6.67 Å². The minimum Gasteiger partial charge on any atom is -0.266 e. The Balaban J connectivity index is 1.83. The van der Waals surface area contributed by atoms with Crippen molar-refractivity contribution in [3.63, 3.8) is 0 Å². The van der Waals surface area contributed by atoms with Crippen LogP contribution in [0, 0.1) is 0 Å². The summed E-state index contributed by atoms with van der Waals surface area (Å²) in [5, 5.41) is 1.60. The van der Waals surface area contributed by atoms with E-state index in [1.165, 1.54) is 6.34 Å². The lowest BCUT2D eigenvalue weighted by Crippen LogP contribution is -2.24. The van der Waals surface area contributed by atoms with Gasteiger partial charge < -0.3 is 0 Å². The normalized spacial score (nSPS) is 14.7. The van der Waals surface area contributed by atoms with Crippen molar-refractivity contribution in [3.8, 4) is 0 Å². The highest BCUT2D eigenvalue weighted by Gasteiger charge is 2.01. The zero-order valence-electron chi connectivity index (χ0n) is 7.71. The Bertz CT molecular complexity index is 334. The first-order valence-electron chi connectivity index (χ1n) is 4.40. The number of rotatable bonds is 3. The Hall–Kier alpha value is -1.68. The van der Waals surface area contributed by atoms with E-state index >= 15 is 0 Å². The van der Waals surface area contributed by atoms with Crippen LogP contribution in [0.5, 0.6) is 0 Å². The monoisotopic (exact) mass is 189 g/mol. The summed E-state index contributed by atoms with van der Waals surface area (Å²) in [6.07, 6.45) is 3.14. The highest BCUT2D eigenvalue weighted by atomic mass is 16.7. The summed E-state index contributed by atoms with van der Waals surface area (Å²) in [5.41, 5.74) is 1.13. The van der Waals surface area contributed by atoms with E-state index in [1.54, 1.807) is 11.4 Å². The maximum Gasteiger partial charge on any atom is 0.138 e. The molecular formula is C10H11N3O. The van der Waals surface area contributed by atoms with Crippen LogP contribution in [0.25, 0.3) is 0 Å². The largest absolute Gasteiger partial charge is 0.266 e. The maximum absolute atomic E-state index is 5.44. The average Bonchev–Trinajstić information content (AvgIpc) is 2.29. The van der Waals surface area contributed by atoms with Crippen molar-refractivity contribution in [2.45, 2.75) is 6.61 Å². The molecule has 0 aromatic heterocycles. The number of aliphatic imine (C=N–C) groups is 2. The molecule has 0 bridgehead atoms. The molecule has 1 aromatic carbocycles. The molecule has 1 heterocycles. The second kappa shape index (κ2) is 4.53. The van der Waals surface area contributed by atoms with Crippen LogP contribution >= 0.6 is 0 Å². The molecule has 1 aliphatic rings. The molecule has 0 N–H and O–H groups in total. The molecule has 72 valence electrons. The first-order valence-corrected chi connectivity index (χ1v) is 4.40. The third-order valence-electron chi connectivity index (χ3n) is 1.80. The van der Waals surface area contributed by atoms with E-state index in [9.17, 15) is 0 Å². The molecule has 0 unspecified atom stereocenters. The average molecular weight is 189 g/mol. The van der Waals surface area contributed by atoms with Crippen molar-refractivity contribution in [1.29, 1.82) is 0 Å². The standard InChI is InChI=1S/C10H11N3O/c1-2-4-10(5-3-1)6-14-13-8-11-7-12-9-13/h1-5,7-8H,6,9H2. The molecule has 0 saturated heterocycles. The van der Waals surface area contributed by atoms with Crippen LogP contribution in [0.2, 0.25) is 0 Å². The zero-order chi connectivity index (χ0) is 9.64. The number of hydroxylamine groups is 2. The van der Waals surface area contributed by atoms with Gasteiger partial charge in [0.25, 0.3) is 0 Å². The summed E-state index contributed by atoms with van der Waals surface area (Å²) in [6, 6.07) is 9.99. The predicted molar refractivity (Wildman–Crippen MR) is 54.9 cm³/mol. The van der Waals surface area contributed by atoms with Gasteiger partial charge in [-0.15, -0.1) is 0 Å². The van der Waals surface area contributed by atoms with Gasteiger partial charge in [-0.2, -0.15) is 0 Å². The van der Waals surface area contributed by atoms with Gasteiger partial charge in [-0.25, -0.2) is 15.0 Å². The topological polar surface area (TPSA) is 37.2 Å². The van der Waals surface area contributed by atoms with E-state index in [0.29, 0.717) is 13.3 Å². The van der Waals surface area contributed by atoms with Gasteiger partial charge >= 0.3 is 0 Å². The third-order valence-corrected chi connectivity index (χ3v) is 1.80. The number of benzene rings is 1. The van der Waals surface area contributed by atoms with Crippen LogP contribution in [0.1, 0.15) is 5.56 Å². The fourth-order valence-electron chi connectivity index (χ4n) is 1.11. The Morgan fingerprint density at radius 1 is 1.29 bits per heavy atom. The van der Waals surface area contributed by atoms with Crippen LogP contribution < -0.4 is 0 Å². The fraction of sp³-hybridized carbons (Fsp3) is 0.200. The second-order valence-corrected chi connectivity index (χ2v) is 2.88. The SMILES string of the molecule is C1=NC=NCN1OCc1ccccc1. The molecule has 4 nitrogen and oxygen atoms in total. The van der Waals surface area contributed by atoms with Gasteiger partial charge in [0, 0.05) is 0 Å². The molecule has 2 rings (SSSR count). The number of hydrogen-bond acceptors (Lipinski definition) is 4. The predicted octanol–water partition coefficient (Wildman–Crippen LogP) is 1.45. The Kier molecular flexibility index (Phi) is 2.88.